The normalized spacial score (nSPS) is 27.6. The molecule has 1 heterocycles. The molecule has 3 unspecified atom stereocenters. The molecule has 1 fully saturated rings. The average molecular weight is 262 g/mol. The van der Waals surface area contributed by atoms with Crippen molar-refractivity contribution in [1.82, 2.24) is 0 Å². The van der Waals surface area contributed by atoms with Gasteiger partial charge in [0.05, 0.1) is 12.5 Å². The van der Waals surface area contributed by atoms with Crippen LogP contribution in [-0.2, 0) is 11.2 Å². The van der Waals surface area contributed by atoms with Crippen molar-refractivity contribution < 1.29 is 19.4 Å². The molecule has 1 aliphatic carbocycles. The minimum absolute atomic E-state index is 0.0730. The topological polar surface area (TPSA) is 55.8 Å². The van der Waals surface area contributed by atoms with Gasteiger partial charge in [-0.15, -0.1) is 0 Å². The zero-order valence-electron chi connectivity index (χ0n) is 11.2. The summed E-state index contributed by atoms with van der Waals surface area (Å²) in [4.78, 5) is 11.0. The summed E-state index contributed by atoms with van der Waals surface area (Å²) in [6, 6.07) is 4.01. The lowest BCUT2D eigenvalue weighted by atomic mass is 10.0. The molecule has 1 aromatic carbocycles. The second kappa shape index (κ2) is 4.44. The first-order chi connectivity index (χ1) is 9.10. The highest BCUT2D eigenvalue weighted by Crippen LogP contribution is 2.52. The van der Waals surface area contributed by atoms with Crippen LogP contribution in [0.1, 0.15) is 37.3 Å². The van der Waals surface area contributed by atoms with Crippen LogP contribution in [0, 0.1) is 5.92 Å². The van der Waals surface area contributed by atoms with Gasteiger partial charge in [0, 0.05) is 23.5 Å². The third kappa shape index (κ3) is 2.15. The Balaban J connectivity index is 1.94. The number of rotatable bonds is 4. The number of carboxylic acid groups (broad SMARTS) is 1. The molecule has 1 aliphatic heterocycles. The van der Waals surface area contributed by atoms with E-state index in [1.807, 2.05) is 26.0 Å². The molecule has 1 N–H and O–H groups in total. The van der Waals surface area contributed by atoms with Gasteiger partial charge in [0.2, 0.25) is 0 Å². The van der Waals surface area contributed by atoms with Crippen molar-refractivity contribution in [2.75, 3.05) is 6.61 Å². The van der Waals surface area contributed by atoms with E-state index in [2.05, 4.69) is 0 Å². The lowest BCUT2D eigenvalue weighted by molar-refractivity contribution is -0.138. The smallest absolute Gasteiger partial charge is 0.307 e. The van der Waals surface area contributed by atoms with Crippen LogP contribution in [-0.4, -0.2) is 23.8 Å². The van der Waals surface area contributed by atoms with E-state index in [1.54, 1.807) is 0 Å². The summed E-state index contributed by atoms with van der Waals surface area (Å²) in [6.07, 6.45) is 1.78. The molecule has 4 nitrogen and oxygen atoms in total. The predicted molar refractivity (Wildman–Crippen MR) is 69.9 cm³/mol. The van der Waals surface area contributed by atoms with Crippen molar-refractivity contribution in [3.8, 4) is 11.5 Å². The molecule has 0 radical (unpaired) electrons. The maximum absolute atomic E-state index is 11.0. The van der Waals surface area contributed by atoms with Crippen LogP contribution in [0.15, 0.2) is 12.1 Å². The van der Waals surface area contributed by atoms with Crippen molar-refractivity contribution >= 4 is 5.97 Å². The van der Waals surface area contributed by atoms with Gasteiger partial charge in [-0.1, -0.05) is 0 Å². The monoisotopic (exact) mass is 262 g/mol. The molecular weight excluding hydrogens is 244 g/mol. The molecule has 1 saturated carbocycles. The first kappa shape index (κ1) is 12.3. The van der Waals surface area contributed by atoms with Crippen LogP contribution < -0.4 is 9.47 Å². The van der Waals surface area contributed by atoms with Crippen LogP contribution in [0.25, 0.3) is 0 Å². The minimum Gasteiger partial charge on any atom is -0.494 e. The van der Waals surface area contributed by atoms with Crippen molar-refractivity contribution in [2.24, 2.45) is 5.92 Å². The Morgan fingerprint density at radius 1 is 1.53 bits per heavy atom. The Morgan fingerprint density at radius 2 is 2.32 bits per heavy atom. The Hall–Kier alpha value is -1.71. The number of benzene rings is 1. The van der Waals surface area contributed by atoms with E-state index in [0.29, 0.717) is 13.0 Å². The Kier molecular flexibility index (Phi) is 2.88. The lowest BCUT2D eigenvalue weighted by Gasteiger charge is -2.12. The first-order valence-corrected chi connectivity index (χ1v) is 6.79. The molecule has 1 aromatic rings. The summed E-state index contributed by atoms with van der Waals surface area (Å²) in [5.74, 6) is 0.803. The Bertz CT molecular complexity index is 523. The van der Waals surface area contributed by atoms with E-state index in [0.717, 1.165) is 29.0 Å². The molecule has 102 valence electrons. The van der Waals surface area contributed by atoms with Crippen LogP contribution in [0.4, 0.5) is 0 Å². The molecule has 4 heteroatoms. The number of ether oxygens (including phenoxy) is 2. The van der Waals surface area contributed by atoms with Crippen molar-refractivity contribution in [3.05, 3.63) is 23.3 Å². The van der Waals surface area contributed by atoms with E-state index in [-0.39, 0.29) is 17.9 Å². The fourth-order valence-electron chi connectivity index (χ4n) is 2.84. The zero-order chi connectivity index (χ0) is 13.6. The highest BCUT2D eigenvalue weighted by Gasteiger charge is 2.46. The van der Waals surface area contributed by atoms with Crippen molar-refractivity contribution in [3.63, 3.8) is 0 Å². The maximum Gasteiger partial charge on any atom is 0.307 e. The summed E-state index contributed by atoms with van der Waals surface area (Å²) in [6.45, 7) is 4.57. The van der Waals surface area contributed by atoms with Gasteiger partial charge in [0.1, 0.15) is 17.6 Å². The van der Waals surface area contributed by atoms with Gasteiger partial charge in [-0.05, 0) is 32.4 Å². The Morgan fingerprint density at radius 3 is 2.95 bits per heavy atom. The molecule has 0 bridgehead atoms. The number of carboxylic acids is 1. The SMILES string of the molecule is CCOc1cc2c(cc1C1CC1C(=O)O)OC(C)C2. The number of aliphatic carboxylic acids is 1. The quantitative estimate of drug-likeness (QED) is 0.906. The van der Waals surface area contributed by atoms with Gasteiger partial charge >= 0.3 is 5.97 Å². The van der Waals surface area contributed by atoms with Crippen LogP contribution in [0.3, 0.4) is 0 Å². The number of carbonyl (C=O) groups is 1. The van der Waals surface area contributed by atoms with Gasteiger partial charge in [0.25, 0.3) is 0 Å². The molecule has 19 heavy (non-hydrogen) atoms. The van der Waals surface area contributed by atoms with E-state index in [4.69, 9.17) is 14.6 Å². The minimum atomic E-state index is -0.720. The van der Waals surface area contributed by atoms with Gasteiger partial charge in [-0.25, -0.2) is 0 Å². The number of hydrogen-bond donors (Lipinski definition) is 1. The van der Waals surface area contributed by atoms with Crippen molar-refractivity contribution in [1.29, 1.82) is 0 Å². The molecule has 0 saturated heterocycles. The molecule has 0 amide bonds. The molecule has 0 spiro atoms. The lowest BCUT2D eigenvalue weighted by Crippen LogP contribution is -2.05. The summed E-state index contributed by atoms with van der Waals surface area (Å²) < 4.78 is 11.4. The number of hydrogen-bond acceptors (Lipinski definition) is 3. The van der Waals surface area contributed by atoms with E-state index in [9.17, 15) is 4.79 Å². The van der Waals surface area contributed by atoms with E-state index >= 15 is 0 Å². The summed E-state index contributed by atoms with van der Waals surface area (Å²) >= 11 is 0. The molecule has 2 aliphatic rings. The van der Waals surface area contributed by atoms with Gasteiger partial charge in [-0.3, -0.25) is 4.79 Å². The van der Waals surface area contributed by atoms with Crippen LogP contribution >= 0.6 is 0 Å². The van der Waals surface area contributed by atoms with Gasteiger partial charge < -0.3 is 14.6 Å². The van der Waals surface area contributed by atoms with Gasteiger partial charge in [-0.2, -0.15) is 0 Å². The Labute approximate surface area is 112 Å². The first-order valence-electron chi connectivity index (χ1n) is 6.79. The van der Waals surface area contributed by atoms with Crippen molar-refractivity contribution in [2.45, 2.75) is 38.7 Å². The standard InChI is InChI=1S/C15H18O4/c1-3-18-14-5-9-4-8(2)19-13(9)7-11(14)10-6-12(10)15(16)17/h5,7-8,10,12H,3-4,6H2,1-2H3,(H,16,17). The fourth-order valence-corrected chi connectivity index (χ4v) is 2.84. The maximum atomic E-state index is 11.0. The largest absolute Gasteiger partial charge is 0.494 e. The molecule has 3 rings (SSSR count). The molecule has 0 aromatic heterocycles. The predicted octanol–water partition coefficient (Wildman–Crippen LogP) is 2.60. The van der Waals surface area contributed by atoms with E-state index < -0.39 is 5.97 Å². The number of fused-ring (bicyclic) bond motifs is 1. The highest BCUT2D eigenvalue weighted by atomic mass is 16.5. The van der Waals surface area contributed by atoms with Crippen LogP contribution in [0.2, 0.25) is 0 Å². The molecule has 3 atom stereocenters. The summed E-state index contributed by atoms with van der Waals surface area (Å²) in [5.41, 5.74) is 2.15. The van der Waals surface area contributed by atoms with Crippen LogP contribution in [0.5, 0.6) is 11.5 Å². The average Bonchev–Trinajstić information content (AvgIpc) is 3.05. The fraction of sp³-hybridized carbons (Fsp3) is 0.533. The third-order valence-electron chi connectivity index (χ3n) is 3.84. The molecular formula is C15H18O4. The summed E-state index contributed by atoms with van der Waals surface area (Å²) in [7, 11) is 0. The zero-order valence-corrected chi connectivity index (χ0v) is 11.2. The second-order valence-electron chi connectivity index (χ2n) is 5.35. The summed E-state index contributed by atoms with van der Waals surface area (Å²) in [5, 5.41) is 9.07. The highest BCUT2D eigenvalue weighted by molar-refractivity contribution is 5.76. The van der Waals surface area contributed by atoms with Gasteiger partial charge in [0.15, 0.2) is 0 Å². The van der Waals surface area contributed by atoms with E-state index in [1.165, 1.54) is 0 Å². The third-order valence-corrected chi connectivity index (χ3v) is 3.84. The second-order valence-corrected chi connectivity index (χ2v) is 5.35.